The van der Waals surface area contributed by atoms with E-state index in [2.05, 4.69) is 10.6 Å². The van der Waals surface area contributed by atoms with Gasteiger partial charge in [-0.2, -0.15) is 0 Å². The Morgan fingerprint density at radius 1 is 1.00 bits per heavy atom. The monoisotopic (exact) mass is 328 g/mol. The molecular formula is C18H17FN2O3. The first-order valence-corrected chi connectivity index (χ1v) is 7.58. The third-order valence-electron chi connectivity index (χ3n) is 3.91. The van der Waals surface area contributed by atoms with Crippen molar-refractivity contribution in [1.29, 1.82) is 0 Å². The summed E-state index contributed by atoms with van der Waals surface area (Å²) < 4.78 is 18.0. The highest BCUT2D eigenvalue weighted by Gasteiger charge is 2.48. The number of benzene rings is 2. The van der Waals surface area contributed by atoms with Crippen LogP contribution in [0.2, 0.25) is 0 Å². The number of anilines is 2. The van der Waals surface area contributed by atoms with E-state index in [1.54, 1.807) is 31.4 Å². The van der Waals surface area contributed by atoms with Crippen LogP contribution in [0.3, 0.4) is 0 Å². The average molecular weight is 328 g/mol. The summed E-state index contributed by atoms with van der Waals surface area (Å²) in [6.45, 7) is 0. The number of carbonyl (C=O) groups excluding carboxylic acids is 2. The standard InChI is InChI=1S/C18H17FN2O3/c1-24-14-4-2-3-13(9-14)21-18(23)16-10-15(16)17(22)20-12-7-5-11(19)6-8-12/h2-9,15-16H,10H2,1H3,(H,20,22)(H,21,23). The maximum absolute atomic E-state index is 12.8. The predicted molar refractivity (Wildman–Crippen MR) is 88.3 cm³/mol. The van der Waals surface area contributed by atoms with E-state index in [9.17, 15) is 14.0 Å². The molecule has 0 aliphatic heterocycles. The van der Waals surface area contributed by atoms with Gasteiger partial charge in [-0.25, -0.2) is 4.39 Å². The number of halogens is 1. The maximum atomic E-state index is 12.8. The zero-order chi connectivity index (χ0) is 17.1. The van der Waals surface area contributed by atoms with E-state index in [4.69, 9.17) is 4.74 Å². The largest absolute Gasteiger partial charge is 0.497 e. The highest BCUT2D eigenvalue weighted by molar-refractivity contribution is 6.03. The average Bonchev–Trinajstić information content (AvgIpc) is 3.38. The summed E-state index contributed by atoms with van der Waals surface area (Å²) >= 11 is 0. The zero-order valence-electron chi connectivity index (χ0n) is 13.1. The van der Waals surface area contributed by atoms with Crippen LogP contribution in [0, 0.1) is 17.7 Å². The summed E-state index contributed by atoms with van der Waals surface area (Å²) in [4.78, 5) is 24.3. The second-order valence-corrected chi connectivity index (χ2v) is 5.67. The first kappa shape index (κ1) is 16.0. The van der Waals surface area contributed by atoms with E-state index in [-0.39, 0.29) is 29.5 Å². The quantitative estimate of drug-likeness (QED) is 0.886. The van der Waals surface area contributed by atoms with Gasteiger partial charge in [0.25, 0.3) is 0 Å². The van der Waals surface area contributed by atoms with Crippen molar-refractivity contribution in [1.82, 2.24) is 0 Å². The number of methoxy groups -OCH3 is 1. The molecule has 0 heterocycles. The first-order valence-electron chi connectivity index (χ1n) is 7.58. The van der Waals surface area contributed by atoms with Crippen LogP contribution in [-0.2, 0) is 9.59 Å². The molecule has 0 radical (unpaired) electrons. The van der Waals surface area contributed by atoms with Crippen molar-refractivity contribution < 1.29 is 18.7 Å². The number of amides is 2. The lowest BCUT2D eigenvalue weighted by Crippen LogP contribution is -2.20. The van der Waals surface area contributed by atoms with E-state index in [0.717, 1.165) is 0 Å². The van der Waals surface area contributed by atoms with Crippen molar-refractivity contribution in [2.75, 3.05) is 17.7 Å². The summed E-state index contributed by atoms with van der Waals surface area (Å²) in [6, 6.07) is 12.6. The molecule has 0 bridgehead atoms. The van der Waals surface area contributed by atoms with Crippen LogP contribution >= 0.6 is 0 Å². The third kappa shape index (κ3) is 3.71. The molecule has 1 saturated carbocycles. The van der Waals surface area contributed by atoms with E-state index < -0.39 is 0 Å². The smallest absolute Gasteiger partial charge is 0.228 e. The zero-order valence-corrected chi connectivity index (χ0v) is 13.1. The Balaban J connectivity index is 1.55. The van der Waals surface area contributed by atoms with E-state index >= 15 is 0 Å². The molecule has 0 spiro atoms. The highest BCUT2D eigenvalue weighted by Crippen LogP contribution is 2.40. The predicted octanol–water partition coefficient (Wildman–Crippen LogP) is 3.05. The van der Waals surface area contributed by atoms with Crippen molar-refractivity contribution in [2.24, 2.45) is 11.8 Å². The lowest BCUT2D eigenvalue weighted by Gasteiger charge is -2.07. The molecule has 2 atom stereocenters. The Kier molecular flexibility index (Phi) is 4.46. The summed E-state index contributed by atoms with van der Waals surface area (Å²) in [5, 5.41) is 5.48. The molecule has 5 nitrogen and oxygen atoms in total. The van der Waals surface area contributed by atoms with Gasteiger partial charge in [-0.3, -0.25) is 9.59 Å². The number of hydrogen-bond donors (Lipinski definition) is 2. The molecule has 2 unspecified atom stereocenters. The molecule has 6 heteroatoms. The Bertz CT molecular complexity index is 761. The van der Waals surface area contributed by atoms with Gasteiger partial charge in [-0.15, -0.1) is 0 Å². The molecule has 2 amide bonds. The van der Waals surface area contributed by atoms with Crippen LogP contribution in [0.15, 0.2) is 48.5 Å². The van der Waals surface area contributed by atoms with Crippen LogP contribution in [-0.4, -0.2) is 18.9 Å². The minimum Gasteiger partial charge on any atom is -0.497 e. The van der Waals surface area contributed by atoms with Gasteiger partial charge in [-0.1, -0.05) is 6.07 Å². The fourth-order valence-corrected chi connectivity index (χ4v) is 2.48. The third-order valence-corrected chi connectivity index (χ3v) is 3.91. The number of nitrogens with one attached hydrogen (secondary N) is 2. The summed E-state index contributed by atoms with van der Waals surface area (Å²) in [6.07, 6.45) is 0.503. The summed E-state index contributed by atoms with van der Waals surface area (Å²) in [5.41, 5.74) is 1.14. The van der Waals surface area contributed by atoms with Gasteiger partial charge < -0.3 is 15.4 Å². The molecule has 3 rings (SSSR count). The van der Waals surface area contributed by atoms with Crippen LogP contribution in [0.1, 0.15) is 6.42 Å². The van der Waals surface area contributed by atoms with Gasteiger partial charge >= 0.3 is 0 Å². The van der Waals surface area contributed by atoms with Gasteiger partial charge in [0.15, 0.2) is 0 Å². The SMILES string of the molecule is COc1cccc(NC(=O)C2CC2C(=O)Nc2ccc(F)cc2)c1. The van der Waals surface area contributed by atoms with E-state index in [1.807, 2.05) is 0 Å². The van der Waals surface area contributed by atoms with Crippen LogP contribution < -0.4 is 15.4 Å². The Labute approximate surface area is 138 Å². The molecule has 2 aromatic carbocycles. The van der Waals surface area contributed by atoms with Gasteiger partial charge in [0.1, 0.15) is 11.6 Å². The second-order valence-electron chi connectivity index (χ2n) is 5.67. The van der Waals surface area contributed by atoms with Crippen molar-refractivity contribution in [3.05, 3.63) is 54.3 Å². The van der Waals surface area contributed by atoms with Gasteiger partial charge in [0, 0.05) is 17.4 Å². The molecule has 1 fully saturated rings. The molecule has 124 valence electrons. The minimum atomic E-state index is -0.366. The van der Waals surface area contributed by atoms with Crippen molar-refractivity contribution in [3.63, 3.8) is 0 Å². The normalized spacial score (nSPS) is 18.6. The summed E-state index contributed by atoms with van der Waals surface area (Å²) in [7, 11) is 1.55. The molecule has 0 saturated heterocycles. The lowest BCUT2D eigenvalue weighted by molar-refractivity contribution is -0.122. The topological polar surface area (TPSA) is 67.4 Å². The van der Waals surface area contributed by atoms with E-state index in [0.29, 0.717) is 23.5 Å². The Hall–Kier alpha value is -2.89. The molecule has 0 aromatic heterocycles. The molecule has 1 aliphatic rings. The van der Waals surface area contributed by atoms with Crippen molar-refractivity contribution in [2.45, 2.75) is 6.42 Å². The van der Waals surface area contributed by atoms with Gasteiger partial charge in [0.2, 0.25) is 11.8 Å². The number of ether oxygens (including phenoxy) is 1. The number of hydrogen-bond acceptors (Lipinski definition) is 3. The molecule has 24 heavy (non-hydrogen) atoms. The van der Waals surface area contributed by atoms with Gasteiger partial charge in [0.05, 0.1) is 18.9 Å². The Morgan fingerprint density at radius 2 is 1.62 bits per heavy atom. The van der Waals surface area contributed by atoms with Crippen molar-refractivity contribution >= 4 is 23.2 Å². The number of rotatable bonds is 5. The van der Waals surface area contributed by atoms with Crippen LogP contribution in [0.5, 0.6) is 5.75 Å². The van der Waals surface area contributed by atoms with E-state index in [1.165, 1.54) is 24.3 Å². The van der Waals surface area contributed by atoms with Gasteiger partial charge in [-0.05, 0) is 42.8 Å². The molecule has 2 aromatic rings. The van der Waals surface area contributed by atoms with Crippen LogP contribution in [0.4, 0.5) is 15.8 Å². The molecular weight excluding hydrogens is 311 g/mol. The molecule has 1 aliphatic carbocycles. The summed E-state index contributed by atoms with van der Waals surface area (Å²) in [5.74, 6) is -0.851. The van der Waals surface area contributed by atoms with Crippen LogP contribution in [0.25, 0.3) is 0 Å². The second kappa shape index (κ2) is 6.70. The van der Waals surface area contributed by atoms with Crippen molar-refractivity contribution in [3.8, 4) is 5.75 Å². The first-order chi connectivity index (χ1) is 11.6. The fraction of sp³-hybridized carbons (Fsp3) is 0.222. The Morgan fingerprint density at radius 3 is 2.25 bits per heavy atom. The fourth-order valence-electron chi connectivity index (χ4n) is 2.48. The minimum absolute atomic E-state index is 0.192. The lowest BCUT2D eigenvalue weighted by atomic mass is 10.2. The highest BCUT2D eigenvalue weighted by atomic mass is 19.1. The maximum Gasteiger partial charge on any atom is 0.228 e. The molecule has 2 N–H and O–H groups in total. The number of carbonyl (C=O) groups is 2.